The number of carbonyl (C=O) groups is 1. The molecule has 0 aromatic carbocycles. The van der Waals surface area contributed by atoms with Gasteiger partial charge >= 0.3 is 0 Å². The standard InChI is InChI=1S/C71H127NO13/c1-3-5-7-9-11-13-15-17-19-21-23-24-25-26-27-28-29-30-31-32-33-34-35-37-38-40-42-44-46-48-50-52-54-60(75)59(72-63(76)55-53-51-49-47-45-43-41-39-36-22-20-18-16-14-12-10-8-6-4-2)58-82-70-68(81)66(79)69(62(57-74)84-70)85-71-67(80)65(78)64(77)61(56-73)83-71/h6,8,12,14,18,20,36,39,43,45,52,54,59-62,64-71,73-75,77-81H,3-5,7,9-11,13,15-17,19,21-35,37-38,40-42,44,46-51,53,55-58H2,1-2H3,(H,72,76)/b8-6-,14-12-,20-18-,39-36-,45-43-,54-52+. The second kappa shape index (κ2) is 55.5. The van der Waals surface area contributed by atoms with Crippen molar-refractivity contribution >= 4 is 5.91 Å². The molecule has 12 unspecified atom stereocenters. The topological polar surface area (TPSA) is 228 Å². The molecule has 0 aliphatic carbocycles. The first-order valence-electron chi connectivity index (χ1n) is 34.7. The summed E-state index contributed by atoms with van der Waals surface area (Å²) in [6, 6.07) is -0.938. The highest BCUT2D eigenvalue weighted by molar-refractivity contribution is 5.76. The van der Waals surface area contributed by atoms with E-state index in [0.29, 0.717) is 6.42 Å². The van der Waals surface area contributed by atoms with Crippen LogP contribution in [0.1, 0.15) is 277 Å². The molecule has 2 heterocycles. The van der Waals surface area contributed by atoms with Crippen molar-refractivity contribution < 1.29 is 64.6 Å². The fraction of sp³-hybridized carbons (Fsp3) is 0.817. The van der Waals surface area contributed by atoms with E-state index in [2.05, 4.69) is 79.9 Å². The smallest absolute Gasteiger partial charge is 0.220 e. The number of nitrogens with one attached hydrogen (secondary N) is 1. The lowest BCUT2D eigenvalue weighted by Gasteiger charge is -2.46. The van der Waals surface area contributed by atoms with E-state index in [1.807, 2.05) is 6.08 Å². The largest absolute Gasteiger partial charge is 0.394 e. The van der Waals surface area contributed by atoms with Gasteiger partial charge < -0.3 is 65.1 Å². The van der Waals surface area contributed by atoms with Gasteiger partial charge in [-0.3, -0.25) is 4.79 Å². The van der Waals surface area contributed by atoms with Crippen molar-refractivity contribution in [2.75, 3.05) is 19.8 Å². The Kier molecular flexibility index (Phi) is 51.3. The predicted molar refractivity (Wildman–Crippen MR) is 346 cm³/mol. The summed E-state index contributed by atoms with van der Waals surface area (Å²) in [5.74, 6) is -0.270. The third kappa shape index (κ3) is 39.9. The summed E-state index contributed by atoms with van der Waals surface area (Å²) in [6.07, 6.45) is 58.3. The number of rotatable bonds is 56. The Morgan fingerprint density at radius 3 is 1.25 bits per heavy atom. The number of aliphatic hydroxyl groups excluding tert-OH is 8. The molecule has 0 bridgehead atoms. The predicted octanol–water partition coefficient (Wildman–Crippen LogP) is 13.8. The molecule has 2 rings (SSSR count). The van der Waals surface area contributed by atoms with Gasteiger partial charge in [-0.2, -0.15) is 0 Å². The van der Waals surface area contributed by atoms with Crippen LogP contribution in [0.15, 0.2) is 72.9 Å². The van der Waals surface area contributed by atoms with Crippen LogP contribution in [0.4, 0.5) is 0 Å². The lowest BCUT2D eigenvalue weighted by molar-refractivity contribution is -0.359. The number of ether oxygens (including phenoxy) is 4. The molecule has 12 atom stereocenters. The van der Waals surface area contributed by atoms with Crippen LogP contribution >= 0.6 is 0 Å². The number of aliphatic hydroxyl groups is 8. The molecule has 0 aromatic heterocycles. The van der Waals surface area contributed by atoms with Gasteiger partial charge in [-0.25, -0.2) is 0 Å². The van der Waals surface area contributed by atoms with E-state index in [4.69, 9.17) is 18.9 Å². The lowest BCUT2D eigenvalue weighted by Crippen LogP contribution is -2.65. The SMILES string of the molecule is CC/C=C\C/C=C\C/C=C\C/C=C\C/C=C\CCCCCC(=O)NC(COC1OC(CO)C(OC2OC(CO)C(O)C(O)C2O)C(O)C1O)C(O)/C=C/CCCCCCCCCCCCCCCCCCCCCCCCCCCCCCCC. The maximum Gasteiger partial charge on any atom is 0.220 e. The Balaban J connectivity index is 1.68. The normalized spacial score (nSPS) is 24.0. The van der Waals surface area contributed by atoms with E-state index in [0.717, 1.165) is 70.6 Å². The highest BCUT2D eigenvalue weighted by Gasteiger charge is 2.51. The molecule has 1 amide bonds. The Morgan fingerprint density at radius 2 is 0.812 bits per heavy atom. The second-order valence-corrected chi connectivity index (χ2v) is 24.3. The Bertz CT molecular complexity index is 1700. The zero-order valence-corrected chi connectivity index (χ0v) is 53.6. The van der Waals surface area contributed by atoms with Crippen LogP contribution in [0, 0.1) is 0 Å². The van der Waals surface area contributed by atoms with Gasteiger partial charge in [-0.1, -0.05) is 279 Å². The van der Waals surface area contributed by atoms with Gasteiger partial charge in [0.1, 0.15) is 48.8 Å². The van der Waals surface area contributed by atoms with E-state index in [9.17, 15) is 45.6 Å². The summed E-state index contributed by atoms with van der Waals surface area (Å²) in [5.41, 5.74) is 0. The highest BCUT2D eigenvalue weighted by Crippen LogP contribution is 2.30. The maximum atomic E-state index is 13.3. The van der Waals surface area contributed by atoms with Crippen molar-refractivity contribution in [1.82, 2.24) is 5.32 Å². The average molecular weight is 1200 g/mol. The first-order valence-corrected chi connectivity index (χ1v) is 34.7. The van der Waals surface area contributed by atoms with Gasteiger partial charge in [-0.05, 0) is 64.2 Å². The fourth-order valence-corrected chi connectivity index (χ4v) is 11.1. The van der Waals surface area contributed by atoms with Crippen molar-refractivity contribution in [3.05, 3.63) is 72.9 Å². The summed E-state index contributed by atoms with van der Waals surface area (Å²) in [5, 5.41) is 87.3. The van der Waals surface area contributed by atoms with E-state index >= 15 is 0 Å². The Morgan fingerprint density at radius 1 is 0.435 bits per heavy atom. The van der Waals surface area contributed by atoms with Crippen LogP contribution in [0.5, 0.6) is 0 Å². The van der Waals surface area contributed by atoms with Crippen molar-refractivity contribution in [3.8, 4) is 0 Å². The third-order valence-electron chi connectivity index (χ3n) is 16.6. The van der Waals surface area contributed by atoms with Gasteiger partial charge in [0, 0.05) is 6.42 Å². The first-order chi connectivity index (χ1) is 41.6. The monoisotopic (exact) mass is 1200 g/mol. The summed E-state index contributed by atoms with van der Waals surface area (Å²) >= 11 is 0. The Hall–Kier alpha value is -2.57. The molecule has 0 spiro atoms. The molecule has 14 heteroatoms. The molecule has 2 saturated heterocycles. The summed E-state index contributed by atoms with van der Waals surface area (Å²) in [4.78, 5) is 13.3. The lowest BCUT2D eigenvalue weighted by atomic mass is 9.97. The number of allylic oxidation sites excluding steroid dienone is 11. The zero-order valence-electron chi connectivity index (χ0n) is 53.6. The minimum absolute atomic E-state index is 0.239. The maximum absolute atomic E-state index is 13.3. The number of carbonyl (C=O) groups excluding carboxylic acids is 1. The van der Waals surface area contributed by atoms with Crippen LogP contribution in [0.25, 0.3) is 0 Å². The Labute approximate surface area is 517 Å². The fourth-order valence-electron chi connectivity index (χ4n) is 11.1. The van der Waals surface area contributed by atoms with Gasteiger partial charge in [-0.15, -0.1) is 0 Å². The molecule has 2 aliphatic heterocycles. The first kappa shape index (κ1) is 78.5. The molecule has 85 heavy (non-hydrogen) atoms. The van der Waals surface area contributed by atoms with Crippen LogP contribution in [0.3, 0.4) is 0 Å². The average Bonchev–Trinajstić information content (AvgIpc) is 3.69. The van der Waals surface area contributed by atoms with Crippen molar-refractivity contribution in [1.29, 1.82) is 0 Å². The molecule has 2 aliphatic rings. The van der Waals surface area contributed by atoms with E-state index in [1.54, 1.807) is 6.08 Å². The molecule has 0 saturated carbocycles. The van der Waals surface area contributed by atoms with Crippen molar-refractivity contribution in [2.45, 2.75) is 351 Å². The number of hydrogen-bond acceptors (Lipinski definition) is 13. The molecule has 2 fully saturated rings. The molecule has 0 radical (unpaired) electrons. The quantitative estimate of drug-likeness (QED) is 0.0204. The molecule has 0 aromatic rings. The molecule has 14 nitrogen and oxygen atoms in total. The summed E-state index contributed by atoms with van der Waals surface area (Å²) in [7, 11) is 0. The number of hydrogen-bond donors (Lipinski definition) is 9. The van der Waals surface area contributed by atoms with Gasteiger partial charge in [0.25, 0.3) is 0 Å². The van der Waals surface area contributed by atoms with Gasteiger partial charge in [0.2, 0.25) is 5.91 Å². The highest BCUT2D eigenvalue weighted by atomic mass is 16.7. The number of unbranched alkanes of at least 4 members (excludes halogenated alkanes) is 33. The second-order valence-electron chi connectivity index (χ2n) is 24.3. The van der Waals surface area contributed by atoms with E-state index in [1.165, 1.54) is 180 Å². The minimum Gasteiger partial charge on any atom is -0.394 e. The van der Waals surface area contributed by atoms with Gasteiger partial charge in [0.05, 0.1) is 32.0 Å². The molecular weight excluding hydrogens is 1070 g/mol. The molecule has 9 N–H and O–H groups in total. The van der Waals surface area contributed by atoms with Crippen molar-refractivity contribution in [2.24, 2.45) is 0 Å². The molecular formula is C71H127NO13. The van der Waals surface area contributed by atoms with Crippen LogP contribution < -0.4 is 5.32 Å². The number of amides is 1. The van der Waals surface area contributed by atoms with E-state index in [-0.39, 0.29) is 18.9 Å². The van der Waals surface area contributed by atoms with Crippen LogP contribution in [0.2, 0.25) is 0 Å². The van der Waals surface area contributed by atoms with E-state index < -0.39 is 86.8 Å². The zero-order chi connectivity index (χ0) is 61.6. The molecule has 494 valence electrons. The third-order valence-corrected chi connectivity index (χ3v) is 16.6. The van der Waals surface area contributed by atoms with Crippen LogP contribution in [-0.2, 0) is 23.7 Å². The minimum atomic E-state index is -1.80. The van der Waals surface area contributed by atoms with Crippen molar-refractivity contribution in [3.63, 3.8) is 0 Å². The summed E-state index contributed by atoms with van der Waals surface area (Å²) < 4.78 is 22.8. The van der Waals surface area contributed by atoms with Crippen LogP contribution in [-0.4, -0.2) is 140 Å². The van der Waals surface area contributed by atoms with Gasteiger partial charge in [0.15, 0.2) is 12.6 Å². The summed E-state index contributed by atoms with van der Waals surface area (Å²) in [6.45, 7) is 2.68.